The predicted octanol–water partition coefficient (Wildman–Crippen LogP) is 6.75. The predicted molar refractivity (Wildman–Crippen MR) is 139 cm³/mol. The van der Waals surface area contributed by atoms with Gasteiger partial charge in [0.05, 0.1) is 5.52 Å². The van der Waals surface area contributed by atoms with Crippen molar-refractivity contribution in [3.63, 3.8) is 0 Å². The molecule has 0 aliphatic carbocycles. The minimum atomic E-state index is 0.514. The molecule has 0 atom stereocenters. The summed E-state index contributed by atoms with van der Waals surface area (Å²) in [6, 6.07) is 16.1. The molecule has 1 aromatic carbocycles. The van der Waals surface area contributed by atoms with Gasteiger partial charge in [0, 0.05) is 53.0 Å². The summed E-state index contributed by atoms with van der Waals surface area (Å²) < 4.78 is 0. The number of aromatic amines is 1. The van der Waals surface area contributed by atoms with Crippen LogP contribution in [0.1, 0.15) is 45.9 Å². The van der Waals surface area contributed by atoms with Gasteiger partial charge in [-0.05, 0) is 49.7 Å². The summed E-state index contributed by atoms with van der Waals surface area (Å²) in [4.78, 5) is 16.5. The molecule has 32 heavy (non-hydrogen) atoms. The molecule has 6 nitrogen and oxygen atoms in total. The standard InChI is InChI=1S/C22H22N6.2C2H6/c1-13-7-16(10-21(23)26-13)19-9-17-12-25-22(11-20(17)28-19)27-18-6-4-5-15(8-18)14(2)24-3;2*1-2/h4-12,28H,1-3H3,(H2,23,26)(H,25,27);2*1-2H3. The van der Waals surface area contributed by atoms with E-state index in [1.165, 1.54) is 0 Å². The first-order valence-electron chi connectivity index (χ1n) is 11.1. The number of pyridine rings is 2. The Morgan fingerprint density at radius 1 is 1.03 bits per heavy atom. The van der Waals surface area contributed by atoms with Crippen molar-refractivity contribution in [3.8, 4) is 11.3 Å². The number of aryl methyl sites for hydroxylation is 1. The molecule has 3 heterocycles. The van der Waals surface area contributed by atoms with E-state index < -0.39 is 0 Å². The number of nitrogen functional groups attached to an aromatic ring is 1. The highest BCUT2D eigenvalue weighted by Gasteiger charge is 2.08. The Morgan fingerprint density at radius 3 is 2.47 bits per heavy atom. The van der Waals surface area contributed by atoms with Crippen molar-refractivity contribution < 1.29 is 0 Å². The number of H-pyrrole nitrogens is 1. The monoisotopic (exact) mass is 430 g/mol. The Hall–Kier alpha value is -3.67. The zero-order chi connectivity index (χ0) is 23.7. The molecule has 0 aliphatic heterocycles. The molecule has 168 valence electrons. The Morgan fingerprint density at radius 2 is 1.78 bits per heavy atom. The fourth-order valence-electron chi connectivity index (χ4n) is 3.20. The Bertz CT molecular complexity index is 1170. The fourth-order valence-corrected chi connectivity index (χ4v) is 3.20. The molecule has 3 aromatic heterocycles. The molecule has 0 saturated carbocycles. The number of hydrogen-bond acceptors (Lipinski definition) is 5. The number of aliphatic imine (C=N–C) groups is 1. The van der Waals surface area contributed by atoms with Crippen LogP contribution in [0.25, 0.3) is 22.2 Å². The second-order valence-corrected chi connectivity index (χ2v) is 6.78. The smallest absolute Gasteiger partial charge is 0.132 e. The molecule has 0 bridgehead atoms. The molecular formula is C26H34N6. The maximum atomic E-state index is 5.89. The summed E-state index contributed by atoms with van der Waals surface area (Å²) in [6.07, 6.45) is 1.86. The highest BCUT2D eigenvalue weighted by molar-refractivity contribution is 5.99. The second kappa shape index (κ2) is 11.6. The summed E-state index contributed by atoms with van der Waals surface area (Å²) in [5.74, 6) is 1.29. The maximum absolute atomic E-state index is 5.89. The van der Waals surface area contributed by atoms with E-state index in [1.54, 1.807) is 7.05 Å². The lowest BCUT2D eigenvalue weighted by Gasteiger charge is -2.07. The van der Waals surface area contributed by atoms with Crippen LogP contribution in [0.5, 0.6) is 0 Å². The van der Waals surface area contributed by atoms with Gasteiger partial charge in [-0.15, -0.1) is 0 Å². The lowest BCUT2D eigenvalue weighted by Crippen LogP contribution is -1.97. The lowest BCUT2D eigenvalue weighted by atomic mass is 10.1. The van der Waals surface area contributed by atoms with Crippen LogP contribution in [0.15, 0.2) is 59.7 Å². The van der Waals surface area contributed by atoms with Crippen molar-refractivity contribution in [3.05, 3.63) is 66.0 Å². The number of fused-ring (bicyclic) bond motifs is 1. The van der Waals surface area contributed by atoms with E-state index in [1.807, 2.05) is 84.1 Å². The topological polar surface area (TPSA) is 92.0 Å². The van der Waals surface area contributed by atoms with E-state index in [0.29, 0.717) is 5.82 Å². The molecule has 0 unspecified atom stereocenters. The fraction of sp³-hybridized carbons (Fsp3) is 0.269. The molecule has 0 radical (unpaired) electrons. The summed E-state index contributed by atoms with van der Waals surface area (Å²) in [5.41, 5.74) is 12.8. The molecule has 0 amide bonds. The molecule has 4 aromatic rings. The van der Waals surface area contributed by atoms with Gasteiger partial charge in [0.25, 0.3) is 0 Å². The van der Waals surface area contributed by atoms with Gasteiger partial charge in [-0.2, -0.15) is 0 Å². The van der Waals surface area contributed by atoms with Gasteiger partial charge >= 0.3 is 0 Å². The van der Waals surface area contributed by atoms with E-state index in [9.17, 15) is 0 Å². The van der Waals surface area contributed by atoms with Crippen molar-refractivity contribution in [2.75, 3.05) is 18.1 Å². The number of benzene rings is 1. The van der Waals surface area contributed by atoms with Gasteiger partial charge in [-0.1, -0.05) is 39.8 Å². The zero-order valence-electron chi connectivity index (χ0n) is 20.1. The number of aromatic nitrogens is 3. The van der Waals surface area contributed by atoms with Crippen molar-refractivity contribution >= 4 is 33.9 Å². The van der Waals surface area contributed by atoms with Crippen LogP contribution in [0, 0.1) is 6.92 Å². The van der Waals surface area contributed by atoms with Crippen molar-refractivity contribution in [2.45, 2.75) is 41.5 Å². The maximum Gasteiger partial charge on any atom is 0.132 e. The molecule has 0 aliphatic rings. The van der Waals surface area contributed by atoms with Crippen LogP contribution in [-0.2, 0) is 0 Å². The molecule has 0 saturated heterocycles. The normalized spacial score (nSPS) is 10.7. The van der Waals surface area contributed by atoms with Crippen LogP contribution in [0.4, 0.5) is 17.3 Å². The van der Waals surface area contributed by atoms with Crippen LogP contribution in [-0.4, -0.2) is 27.7 Å². The highest BCUT2D eigenvalue weighted by Crippen LogP contribution is 2.27. The van der Waals surface area contributed by atoms with Crippen LogP contribution < -0.4 is 11.1 Å². The van der Waals surface area contributed by atoms with Gasteiger partial charge in [0.2, 0.25) is 0 Å². The average Bonchev–Trinajstić information content (AvgIpc) is 3.24. The van der Waals surface area contributed by atoms with Gasteiger partial charge in [-0.3, -0.25) is 4.99 Å². The van der Waals surface area contributed by atoms with Gasteiger partial charge < -0.3 is 16.0 Å². The van der Waals surface area contributed by atoms with E-state index >= 15 is 0 Å². The molecule has 4 N–H and O–H groups in total. The summed E-state index contributed by atoms with van der Waals surface area (Å²) >= 11 is 0. The number of anilines is 3. The number of rotatable bonds is 4. The van der Waals surface area contributed by atoms with E-state index in [0.717, 1.165) is 50.6 Å². The number of nitrogens with zero attached hydrogens (tertiary/aromatic N) is 3. The quantitative estimate of drug-likeness (QED) is 0.312. The van der Waals surface area contributed by atoms with Gasteiger partial charge in [-0.25, -0.2) is 9.97 Å². The highest BCUT2D eigenvalue weighted by atomic mass is 15.0. The third-order valence-corrected chi connectivity index (χ3v) is 4.68. The largest absolute Gasteiger partial charge is 0.384 e. The third kappa shape index (κ3) is 5.94. The minimum Gasteiger partial charge on any atom is -0.384 e. The van der Waals surface area contributed by atoms with Crippen molar-refractivity contribution in [1.82, 2.24) is 15.0 Å². The van der Waals surface area contributed by atoms with Gasteiger partial charge in [0.1, 0.15) is 11.6 Å². The van der Waals surface area contributed by atoms with Crippen LogP contribution in [0.2, 0.25) is 0 Å². The SMILES string of the molecule is CC.CC.CN=C(C)c1cccc(Nc2cc3[nH]c(-c4cc(C)nc(N)c4)cc3cn2)c1. The summed E-state index contributed by atoms with van der Waals surface area (Å²) in [5, 5.41) is 4.40. The van der Waals surface area contributed by atoms with Crippen molar-refractivity contribution in [2.24, 2.45) is 4.99 Å². The number of nitrogens with one attached hydrogen (secondary N) is 2. The van der Waals surface area contributed by atoms with Gasteiger partial charge in [0.15, 0.2) is 0 Å². The second-order valence-electron chi connectivity index (χ2n) is 6.78. The van der Waals surface area contributed by atoms with E-state index in [4.69, 9.17) is 5.73 Å². The van der Waals surface area contributed by atoms with Crippen LogP contribution >= 0.6 is 0 Å². The number of nitrogens with two attached hydrogens (primary N) is 1. The molecule has 4 rings (SSSR count). The summed E-state index contributed by atoms with van der Waals surface area (Å²) in [6.45, 7) is 11.9. The Kier molecular flexibility index (Phi) is 8.95. The van der Waals surface area contributed by atoms with Crippen LogP contribution in [0.3, 0.4) is 0 Å². The molecule has 0 fully saturated rings. The average molecular weight is 431 g/mol. The Balaban J connectivity index is 0.000000860. The summed E-state index contributed by atoms with van der Waals surface area (Å²) in [7, 11) is 1.80. The van der Waals surface area contributed by atoms with E-state index in [-0.39, 0.29) is 0 Å². The third-order valence-electron chi connectivity index (χ3n) is 4.68. The first-order valence-corrected chi connectivity index (χ1v) is 11.1. The minimum absolute atomic E-state index is 0.514. The molecule has 6 heteroatoms. The van der Waals surface area contributed by atoms with Crippen molar-refractivity contribution in [1.29, 1.82) is 0 Å². The zero-order valence-corrected chi connectivity index (χ0v) is 20.1. The first-order chi connectivity index (χ1) is 15.5. The number of hydrogen-bond donors (Lipinski definition) is 3. The lowest BCUT2D eigenvalue weighted by molar-refractivity contribution is 1.21. The first kappa shape index (κ1) is 24.6. The molecular weight excluding hydrogens is 396 g/mol. The van der Waals surface area contributed by atoms with E-state index in [2.05, 4.69) is 37.4 Å². The Labute approximate surface area is 191 Å². The molecule has 0 spiro atoms.